The normalized spacial score (nSPS) is 15.2. The van der Waals surface area contributed by atoms with E-state index in [1.807, 2.05) is 0 Å². The highest BCUT2D eigenvalue weighted by Crippen LogP contribution is 2.08. The zero-order valence-corrected chi connectivity index (χ0v) is 16.9. The zero-order valence-electron chi connectivity index (χ0n) is 16.9. The van der Waals surface area contributed by atoms with Gasteiger partial charge in [0.15, 0.2) is 0 Å². The monoisotopic (exact) mass is 358 g/mol. The van der Waals surface area contributed by atoms with Gasteiger partial charge >= 0.3 is 5.97 Å². The molecule has 0 aliphatic heterocycles. The Morgan fingerprint density at radius 1 is 0.808 bits per heavy atom. The maximum atomic E-state index is 10.4. The Bertz CT molecular complexity index is 480. The Morgan fingerprint density at radius 3 is 1.92 bits per heavy atom. The first-order valence-electron chi connectivity index (χ1n) is 10.1. The van der Waals surface area contributed by atoms with Gasteiger partial charge in [-0.25, -0.2) is 0 Å². The maximum absolute atomic E-state index is 10.4. The fraction of sp³-hybridized carbons (Fsp3) is 0.542. The Labute approximate surface area is 161 Å². The van der Waals surface area contributed by atoms with Crippen molar-refractivity contribution in [2.75, 3.05) is 0 Å². The van der Waals surface area contributed by atoms with E-state index in [0.29, 0.717) is 18.3 Å². The molecule has 0 spiro atoms. The van der Waals surface area contributed by atoms with E-state index in [9.17, 15) is 4.79 Å². The number of hydrogen-bond donors (Lipinski definition) is 1. The van der Waals surface area contributed by atoms with Crippen molar-refractivity contribution in [3.8, 4) is 0 Å². The highest BCUT2D eigenvalue weighted by atomic mass is 16.4. The van der Waals surface area contributed by atoms with Crippen LogP contribution < -0.4 is 0 Å². The molecule has 0 aromatic rings. The predicted octanol–water partition coefficient (Wildman–Crippen LogP) is 7.26. The SMILES string of the molecule is CC/C=C\CC(C)/C=C/C=C\C=C/C(C)C/C=C\CCCCCC(=O)O. The fourth-order valence-corrected chi connectivity index (χ4v) is 2.41. The average Bonchev–Trinajstić information content (AvgIpc) is 2.60. The van der Waals surface area contributed by atoms with Crippen LogP contribution in [0.25, 0.3) is 0 Å². The molecule has 26 heavy (non-hydrogen) atoms. The molecule has 0 aromatic heterocycles. The molecule has 2 unspecified atom stereocenters. The molecule has 2 nitrogen and oxygen atoms in total. The lowest BCUT2D eigenvalue weighted by Gasteiger charge is -2.00. The molecule has 146 valence electrons. The molecule has 0 amide bonds. The molecular weight excluding hydrogens is 320 g/mol. The van der Waals surface area contributed by atoms with E-state index < -0.39 is 5.97 Å². The summed E-state index contributed by atoms with van der Waals surface area (Å²) in [5, 5.41) is 8.57. The van der Waals surface area contributed by atoms with Gasteiger partial charge in [-0.3, -0.25) is 4.79 Å². The van der Waals surface area contributed by atoms with Gasteiger partial charge in [-0.05, 0) is 50.4 Å². The van der Waals surface area contributed by atoms with Crippen molar-refractivity contribution in [3.05, 3.63) is 60.8 Å². The average molecular weight is 359 g/mol. The molecule has 0 fully saturated rings. The Balaban J connectivity index is 3.78. The second kappa shape index (κ2) is 18.0. The fourth-order valence-electron chi connectivity index (χ4n) is 2.41. The number of rotatable bonds is 15. The third-order valence-corrected chi connectivity index (χ3v) is 4.06. The quantitative estimate of drug-likeness (QED) is 0.190. The second-order valence-corrected chi connectivity index (χ2v) is 6.92. The summed E-state index contributed by atoms with van der Waals surface area (Å²) in [6.45, 7) is 6.62. The van der Waals surface area contributed by atoms with Crippen molar-refractivity contribution in [1.29, 1.82) is 0 Å². The minimum atomic E-state index is -0.690. The topological polar surface area (TPSA) is 37.3 Å². The minimum absolute atomic E-state index is 0.295. The van der Waals surface area contributed by atoms with Crippen LogP contribution in [-0.4, -0.2) is 11.1 Å². The van der Waals surface area contributed by atoms with E-state index in [2.05, 4.69) is 81.5 Å². The number of unbranched alkanes of at least 4 members (excludes halogenated alkanes) is 3. The summed E-state index contributed by atoms with van der Waals surface area (Å²) in [5.74, 6) is 0.425. The van der Waals surface area contributed by atoms with Gasteiger partial charge < -0.3 is 5.11 Å². The molecular formula is C24H38O2. The van der Waals surface area contributed by atoms with Gasteiger partial charge in [0.05, 0.1) is 0 Å². The van der Waals surface area contributed by atoms with Crippen molar-refractivity contribution in [2.45, 2.75) is 72.1 Å². The molecule has 2 heteroatoms. The van der Waals surface area contributed by atoms with Gasteiger partial charge in [0.1, 0.15) is 0 Å². The van der Waals surface area contributed by atoms with E-state index in [4.69, 9.17) is 5.11 Å². The summed E-state index contributed by atoms with van der Waals surface area (Å²) in [7, 11) is 0. The first-order chi connectivity index (χ1) is 12.6. The van der Waals surface area contributed by atoms with Crippen LogP contribution in [0.5, 0.6) is 0 Å². The van der Waals surface area contributed by atoms with Crippen LogP contribution in [-0.2, 0) is 4.79 Å². The van der Waals surface area contributed by atoms with Crippen LogP contribution in [0.4, 0.5) is 0 Å². The van der Waals surface area contributed by atoms with E-state index in [1.165, 1.54) is 0 Å². The van der Waals surface area contributed by atoms with Gasteiger partial charge in [-0.2, -0.15) is 0 Å². The lowest BCUT2D eigenvalue weighted by Crippen LogP contribution is -1.93. The lowest BCUT2D eigenvalue weighted by molar-refractivity contribution is -0.137. The maximum Gasteiger partial charge on any atom is 0.303 e. The van der Waals surface area contributed by atoms with Gasteiger partial charge in [0.25, 0.3) is 0 Å². The van der Waals surface area contributed by atoms with Crippen molar-refractivity contribution in [2.24, 2.45) is 11.8 Å². The van der Waals surface area contributed by atoms with Gasteiger partial charge in [-0.1, -0.05) is 88.0 Å². The smallest absolute Gasteiger partial charge is 0.303 e. The standard InChI is InChI=1S/C24H38O2/c1-4-5-12-17-22(2)19-14-10-11-15-20-23(3)18-13-8-6-7-9-16-21-24(25)26/h5,8,10-15,19-20,22-23H,4,6-7,9,16-18,21H2,1-3H3,(H,25,26)/b11-10-,12-5-,13-8-,19-14+,20-15-. The van der Waals surface area contributed by atoms with Gasteiger partial charge in [0, 0.05) is 6.42 Å². The molecule has 0 heterocycles. The van der Waals surface area contributed by atoms with E-state index >= 15 is 0 Å². The lowest BCUT2D eigenvalue weighted by atomic mass is 10.1. The largest absolute Gasteiger partial charge is 0.481 e. The third-order valence-electron chi connectivity index (χ3n) is 4.06. The highest BCUT2D eigenvalue weighted by molar-refractivity contribution is 5.66. The number of carboxylic acid groups (broad SMARTS) is 1. The summed E-state index contributed by atoms with van der Waals surface area (Å²) in [6.07, 6.45) is 29.3. The molecule has 2 atom stereocenters. The number of allylic oxidation sites excluding steroid dienone is 10. The Kier molecular flexibility index (Phi) is 16.7. The van der Waals surface area contributed by atoms with Crippen LogP contribution in [0.2, 0.25) is 0 Å². The number of aliphatic carboxylic acids is 1. The van der Waals surface area contributed by atoms with Crippen LogP contribution in [0.15, 0.2) is 60.8 Å². The Morgan fingerprint density at radius 2 is 1.38 bits per heavy atom. The van der Waals surface area contributed by atoms with Gasteiger partial charge in [-0.15, -0.1) is 0 Å². The summed E-state index contributed by atoms with van der Waals surface area (Å²) in [6, 6.07) is 0. The van der Waals surface area contributed by atoms with E-state index in [-0.39, 0.29) is 0 Å². The van der Waals surface area contributed by atoms with Crippen molar-refractivity contribution in [3.63, 3.8) is 0 Å². The van der Waals surface area contributed by atoms with Crippen LogP contribution in [0, 0.1) is 11.8 Å². The number of hydrogen-bond acceptors (Lipinski definition) is 1. The zero-order chi connectivity index (χ0) is 19.5. The number of carboxylic acids is 1. The van der Waals surface area contributed by atoms with Crippen molar-refractivity contribution < 1.29 is 9.90 Å². The summed E-state index contributed by atoms with van der Waals surface area (Å²) >= 11 is 0. The molecule has 0 rings (SSSR count). The van der Waals surface area contributed by atoms with Crippen LogP contribution in [0.1, 0.15) is 72.1 Å². The van der Waals surface area contributed by atoms with Crippen LogP contribution in [0.3, 0.4) is 0 Å². The molecule has 1 N–H and O–H groups in total. The van der Waals surface area contributed by atoms with Gasteiger partial charge in [0.2, 0.25) is 0 Å². The second-order valence-electron chi connectivity index (χ2n) is 6.92. The molecule has 0 bridgehead atoms. The first-order valence-corrected chi connectivity index (χ1v) is 10.1. The summed E-state index contributed by atoms with van der Waals surface area (Å²) < 4.78 is 0. The predicted molar refractivity (Wildman–Crippen MR) is 114 cm³/mol. The third kappa shape index (κ3) is 18.5. The summed E-state index contributed by atoms with van der Waals surface area (Å²) in [4.78, 5) is 10.4. The molecule has 0 aliphatic rings. The van der Waals surface area contributed by atoms with Crippen molar-refractivity contribution >= 4 is 5.97 Å². The molecule has 0 saturated carbocycles. The molecule has 0 radical (unpaired) electrons. The minimum Gasteiger partial charge on any atom is -0.481 e. The molecule has 0 aromatic carbocycles. The van der Waals surface area contributed by atoms with Crippen LogP contribution >= 0.6 is 0 Å². The van der Waals surface area contributed by atoms with Crippen molar-refractivity contribution in [1.82, 2.24) is 0 Å². The summed E-state index contributed by atoms with van der Waals surface area (Å²) in [5.41, 5.74) is 0. The highest BCUT2D eigenvalue weighted by Gasteiger charge is 1.95. The molecule has 0 saturated heterocycles. The van der Waals surface area contributed by atoms with E-state index in [0.717, 1.165) is 44.9 Å². The first kappa shape index (κ1) is 24.2. The number of carbonyl (C=O) groups is 1. The molecule has 0 aliphatic carbocycles. The Hall–Kier alpha value is -1.83. The van der Waals surface area contributed by atoms with E-state index in [1.54, 1.807) is 0 Å².